The van der Waals surface area contributed by atoms with Crippen LogP contribution in [0.1, 0.15) is 52.9 Å². The normalized spacial score (nSPS) is 16.3. The zero-order valence-corrected chi connectivity index (χ0v) is 12.8. The first kappa shape index (κ1) is 16.7. The van der Waals surface area contributed by atoms with Crippen LogP contribution in [-0.4, -0.2) is 41.6 Å². The number of ketones is 1. The van der Waals surface area contributed by atoms with Gasteiger partial charge in [-0.1, -0.05) is 13.8 Å². The van der Waals surface area contributed by atoms with E-state index in [1.165, 1.54) is 6.92 Å². The molecule has 0 aromatic carbocycles. The van der Waals surface area contributed by atoms with E-state index in [1.807, 2.05) is 18.7 Å². The fourth-order valence-corrected chi connectivity index (χ4v) is 2.34. The molecular formula is C15H26N2O3. The Bertz CT molecular complexity index is 358. The van der Waals surface area contributed by atoms with Crippen LogP contribution in [0.15, 0.2) is 0 Å². The summed E-state index contributed by atoms with van der Waals surface area (Å²) in [5, 5.41) is 2.95. The van der Waals surface area contributed by atoms with E-state index >= 15 is 0 Å². The predicted molar refractivity (Wildman–Crippen MR) is 77.1 cm³/mol. The Balaban J connectivity index is 2.26. The summed E-state index contributed by atoms with van der Waals surface area (Å²) in [5.41, 5.74) is 0. The van der Waals surface area contributed by atoms with Crippen molar-refractivity contribution >= 4 is 17.6 Å². The number of carbonyl (C=O) groups excluding carboxylic acids is 3. The number of likely N-dealkylation sites (tertiary alicyclic amines) is 1. The third-order valence-corrected chi connectivity index (χ3v) is 3.50. The van der Waals surface area contributed by atoms with Crippen LogP contribution in [-0.2, 0) is 14.4 Å². The maximum atomic E-state index is 11.9. The van der Waals surface area contributed by atoms with Gasteiger partial charge in [-0.15, -0.1) is 0 Å². The summed E-state index contributed by atoms with van der Waals surface area (Å²) >= 11 is 0. The first-order valence-corrected chi connectivity index (χ1v) is 7.45. The van der Waals surface area contributed by atoms with Crippen molar-refractivity contribution < 1.29 is 14.4 Å². The molecule has 1 fully saturated rings. The van der Waals surface area contributed by atoms with Gasteiger partial charge in [-0.25, -0.2) is 0 Å². The molecule has 20 heavy (non-hydrogen) atoms. The lowest BCUT2D eigenvalue weighted by Gasteiger charge is -2.32. The first-order chi connectivity index (χ1) is 9.38. The molecule has 0 aromatic rings. The average Bonchev–Trinajstić information content (AvgIpc) is 2.36. The molecule has 0 saturated carbocycles. The van der Waals surface area contributed by atoms with Gasteiger partial charge in [0, 0.05) is 38.4 Å². The van der Waals surface area contributed by atoms with Gasteiger partial charge in [0.05, 0.1) is 0 Å². The van der Waals surface area contributed by atoms with Gasteiger partial charge in [-0.3, -0.25) is 9.59 Å². The number of carbonyl (C=O) groups is 3. The smallest absolute Gasteiger partial charge is 0.222 e. The van der Waals surface area contributed by atoms with E-state index in [-0.39, 0.29) is 30.1 Å². The number of nitrogens with one attached hydrogen (secondary N) is 1. The third kappa shape index (κ3) is 6.17. The SMILES string of the molecule is CC(=O)CCC(=O)NC1CCN(C(=O)CC(C)C)CC1. The third-order valence-electron chi connectivity index (χ3n) is 3.50. The van der Waals surface area contributed by atoms with Crippen molar-refractivity contribution in [3.63, 3.8) is 0 Å². The summed E-state index contributed by atoms with van der Waals surface area (Å²) in [4.78, 5) is 36.3. The molecule has 0 atom stereocenters. The first-order valence-electron chi connectivity index (χ1n) is 7.45. The quantitative estimate of drug-likeness (QED) is 0.803. The highest BCUT2D eigenvalue weighted by molar-refractivity contribution is 5.83. The molecule has 1 aliphatic heterocycles. The van der Waals surface area contributed by atoms with E-state index in [1.54, 1.807) is 0 Å². The molecule has 114 valence electrons. The number of rotatable bonds is 6. The maximum absolute atomic E-state index is 11.9. The van der Waals surface area contributed by atoms with Crippen molar-refractivity contribution in [3.05, 3.63) is 0 Å². The van der Waals surface area contributed by atoms with E-state index < -0.39 is 0 Å². The van der Waals surface area contributed by atoms with Gasteiger partial charge >= 0.3 is 0 Å². The molecule has 0 unspecified atom stereocenters. The molecule has 0 radical (unpaired) electrons. The van der Waals surface area contributed by atoms with Gasteiger partial charge in [0.2, 0.25) is 11.8 Å². The standard InChI is InChI=1S/C15H26N2O3/c1-11(2)10-15(20)17-8-6-13(7-9-17)16-14(19)5-4-12(3)18/h11,13H,4-10H2,1-3H3,(H,16,19). The lowest BCUT2D eigenvalue weighted by molar-refractivity contribution is -0.133. The van der Waals surface area contributed by atoms with Gasteiger partial charge < -0.3 is 15.0 Å². The molecule has 0 bridgehead atoms. The molecule has 1 aliphatic rings. The molecule has 0 aromatic heterocycles. The Labute approximate surface area is 121 Å². The Morgan fingerprint density at radius 3 is 2.25 bits per heavy atom. The molecule has 1 heterocycles. The molecule has 0 aliphatic carbocycles. The van der Waals surface area contributed by atoms with Crippen LogP contribution in [0.5, 0.6) is 0 Å². The molecule has 2 amide bonds. The molecule has 5 nitrogen and oxygen atoms in total. The average molecular weight is 282 g/mol. The highest BCUT2D eigenvalue weighted by Crippen LogP contribution is 2.13. The molecular weight excluding hydrogens is 256 g/mol. The van der Waals surface area contributed by atoms with E-state index in [4.69, 9.17) is 0 Å². The van der Waals surface area contributed by atoms with Crippen LogP contribution in [0.4, 0.5) is 0 Å². The summed E-state index contributed by atoms with van der Waals surface area (Å²) in [7, 11) is 0. The van der Waals surface area contributed by atoms with Gasteiger partial charge in [-0.2, -0.15) is 0 Å². The molecule has 1 saturated heterocycles. The van der Waals surface area contributed by atoms with Crippen molar-refractivity contribution in [2.24, 2.45) is 5.92 Å². The largest absolute Gasteiger partial charge is 0.353 e. The minimum Gasteiger partial charge on any atom is -0.353 e. The fourth-order valence-electron chi connectivity index (χ4n) is 2.34. The zero-order chi connectivity index (χ0) is 15.1. The number of nitrogens with zero attached hydrogens (tertiary/aromatic N) is 1. The van der Waals surface area contributed by atoms with Crippen LogP contribution in [0.2, 0.25) is 0 Å². The van der Waals surface area contributed by atoms with Crippen LogP contribution in [0.3, 0.4) is 0 Å². The number of amides is 2. The second-order valence-electron chi connectivity index (χ2n) is 6.02. The molecule has 1 rings (SSSR count). The van der Waals surface area contributed by atoms with E-state index in [2.05, 4.69) is 5.32 Å². The van der Waals surface area contributed by atoms with Crippen LogP contribution in [0, 0.1) is 5.92 Å². The zero-order valence-electron chi connectivity index (χ0n) is 12.8. The van der Waals surface area contributed by atoms with Crippen molar-refractivity contribution in [1.82, 2.24) is 10.2 Å². The summed E-state index contributed by atoms with van der Waals surface area (Å²) < 4.78 is 0. The number of Topliss-reactive ketones (excluding diaryl/α,β-unsaturated/α-hetero) is 1. The van der Waals surface area contributed by atoms with Crippen molar-refractivity contribution in [2.75, 3.05) is 13.1 Å². The van der Waals surface area contributed by atoms with E-state index in [9.17, 15) is 14.4 Å². The minimum atomic E-state index is -0.0628. The summed E-state index contributed by atoms with van der Waals surface area (Å²) in [6.45, 7) is 7.00. The topological polar surface area (TPSA) is 66.5 Å². The molecule has 5 heteroatoms. The van der Waals surface area contributed by atoms with Crippen molar-refractivity contribution in [3.8, 4) is 0 Å². The number of hydrogen-bond donors (Lipinski definition) is 1. The second-order valence-corrected chi connectivity index (χ2v) is 6.02. The predicted octanol–water partition coefficient (Wildman–Crippen LogP) is 1.51. The van der Waals surface area contributed by atoms with Crippen molar-refractivity contribution in [2.45, 2.75) is 58.9 Å². The van der Waals surface area contributed by atoms with Gasteiger partial charge in [-0.05, 0) is 25.7 Å². The maximum Gasteiger partial charge on any atom is 0.222 e. The summed E-state index contributed by atoms with van der Waals surface area (Å²) in [6.07, 6.45) is 2.76. The Morgan fingerprint density at radius 1 is 1.15 bits per heavy atom. The molecule has 0 spiro atoms. The highest BCUT2D eigenvalue weighted by atomic mass is 16.2. The second kappa shape index (κ2) is 8.02. The monoisotopic (exact) mass is 282 g/mol. The number of hydrogen-bond acceptors (Lipinski definition) is 3. The summed E-state index contributed by atoms with van der Waals surface area (Å²) in [6, 6.07) is 0.137. The van der Waals surface area contributed by atoms with E-state index in [0.717, 1.165) is 12.8 Å². The number of piperidine rings is 1. The molecule has 1 N–H and O–H groups in total. The van der Waals surface area contributed by atoms with Gasteiger partial charge in [0.15, 0.2) is 0 Å². The highest BCUT2D eigenvalue weighted by Gasteiger charge is 2.23. The van der Waals surface area contributed by atoms with Crippen molar-refractivity contribution in [1.29, 1.82) is 0 Å². The Morgan fingerprint density at radius 2 is 1.75 bits per heavy atom. The minimum absolute atomic E-state index is 0.0363. The fraction of sp³-hybridized carbons (Fsp3) is 0.800. The summed E-state index contributed by atoms with van der Waals surface area (Å²) in [5.74, 6) is 0.564. The van der Waals surface area contributed by atoms with E-state index in [0.29, 0.717) is 31.8 Å². The Kier molecular flexibility index (Phi) is 6.68. The van der Waals surface area contributed by atoms with Crippen LogP contribution >= 0.6 is 0 Å². The lowest BCUT2D eigenvalue weighted by atomic mass is 10.0. The lowest BCUT2D eigenvalue weighted by Crippen LogP contribution is -2.46. The Hall–Kier alpha value is -1.39. The van der Waals surface area contributed by atoms with Crippen LogP contribution < -0.4 is 5.32 Å². The van der Waals surface area contributed by atoms with Gasteiger partial charge in [0.1, 0.15) is 5.78 Å². The van der Waals surface area contributed by atoms with Crippen LogP contribution in [0.25, 0.3) is 0 Å². The van der Waals surface area contributed by atoms with Gasteiger partial charge in [0.25, 0.3) is 0 Å².